The van der Waals surface area contributed by atoms with E-state index in [0.717, 1.165) is 6.42 Å². The fourth-order valence-corrected chi connectivity index (χ4v) is 3.30. The van der Waals surface area contributed by atoms with Crippen molar-refractivity contribution in [3.8, 4) is 0 Å². The van der Waals surface area contributed by atoms with Gasteiger partial charge in [0.1, 0.15) is 0 Å². The first-order valence-electron chi connectivity index (χ1n) is 5.11. The quantitative estimate of drug-likeness (QED) is 0.706. The van der Waals surface area contributed by atoms with Gasteiger partial charge < -0.3 is 4.55 Å². The Morgan fingerprint density at radius 3 is 2.25 bits per heavy atom. The molecule has 0 saturated heterocycles. The molecule has 2 saturated carbocycles. The molecule has 0 aromatic carbocycles. The van der Waals surface area contributed by atoms with Crippen molar-refractivity contribution in [1.29, 1.82) is 0 Å². The summed E-state index contributed by atoms with van der Waals surface area (Å²) in [6.07, 6.45) is 2.58. The van der Waals surface area contributed by atoms with E-state index in [9.17, 15) is 26.5 Å². The Labute approximate surface area is 91.8 Å². The molecule has 0 aliphatic heterocycles. The summed E-state index contributed by atoms with van der Waals surface area (Å²) < 4.78 is 57.1. The van der Waals surface area contributed by atoms with Crippen molar-refractivity contribution in [2.45, 2.75) is 30.9 Å². The molecule has 3 atom stereocenters. The van der Waals surface area contributed by atoms with Gasteiger partial charge >= 0.3 is 5.25 Å². The van der Waals surface area contributed by atoms with Crippen molar-refractivity contribution in [2.75, 3.05) is 0 Å². The summed E-state index contributed by atoms with van der Waals surface area (Å²) in [4.78, 5) is 11.4. The SMILES string of the molecule is O=C(C1CC2CCC1C2)C(F)(F)S(=O)(=O)[O-]. The van der Waals surface area contributed by atoms with Crippen LogP contribution in [0.3, 0.4) is 0 Å². The van der Waals surface area contributed by atoms with Crippen LogP contribution in [-0.2, 0) is 14.9 Å². The molecule has 4 nitrogen and oxygen atoms in total. The fraction of sp³-hybridized carbons (Fsp3) is 0.889. The van der Waals surface area contributed by atoms with Crippen molar-refractivity contribution < 1.29 is 26.5 Å². The molecule has 2 aliphatic rings. The first-order valence-corrected chi connectivity index (χ1v) is 6.52. The lowest BCUT2D eigenvalue weighted by atomic mass is 9.86. The normalized spacial score (nSPS) is 34.3. The average molecular weight is 253 g/mol. The minimum absolute atomic E-state index is 0.162. The molecule has 2 aliphatic carbocycles. The topological polar surface area (TPSA) is 74.3 Å². The lowest BCUT2D eigenvalue weighted by Gasteiger charge is -2.26. The van der Waals surface area contributed by atoms with Crippen LogP contribution in [0.5, 0.6) is 0 Å². The number of carbonyl (C=O) groups excluding carboxylic acids is 1. The van der Waals surface area contributed by atoms with E-state index in [-0.39, 0.29) is 11.8 Å². The predicted molar refractivity (Wildman–Crippen MR) is 48.6 cm³/mol. The summed E-state index contributed by atoms with van der Waals surface area (Å²) in [7, 11) is -5.89. The van der Waals surface area contributed by atoms with Crippen LogP contribution >= 0.6 is 0 Å². The van der Waals surface area contributed by atoms with Crippen molar-refractivity contribution in [3.05, 3.63) is 0 Å². The Balaban J connectivity index is 2.20. The highest BCUT2D eigenvalue weighted by Crippen LogP contribution is 2.50. The molecule has 0 N–H and O–H groups in total. The van der Waals surface area contributed by atoms with Crippen LogP contribution < -0.4 is 0 Å². The van der Waals surface area contributed by atoms with E-state index < -0.39 is 27.1 Å². The van der Waals surface area contributed by atoms with Gasteiger partial charge in [-0.2, -0.15) is 8.78 Å². The third kappa shape index (κ3) is 1.66. The Morgan fingerprint density at radius 1 is 1.25 bits per heavy atom. The third-order valence-electron chi connectivity index (χ3n) is 3.68. The highest BCUT2D eigenvalue weighted by molar-refractivity contribution is 7.87. The van der Waals surface area contributed by atoms with Gasteiger partial charge in [0.05, 0.1) is 0 Å². The lowest BCUT2D eigenvalue weighted by Crippen LogP contribution is -2.43. The summed E-state index contributed by atoms with van der Waals surface area (Å²) >= 11 is 0. The van der Waals surface area contributed by atoms with Gasteiger partial charge in [0.25, 0.3) is 0 Å². The maximum atomic E-state index is 13.1. The van der Waals surface area contributed by atoms with Crippen LogP contribution in [0.25, 0.3) is 0 Å². The number of ketones is 1. The molecule has 3 unspecified atom stereocenters. The monoisotopic (exact) mass is 253 g/mol. The highest BCUT2D eigenvalue weighted by atomic mass is 32.2. The zero-order chi connectivity index (χ0) is 12.1. The van der Waals surface area contributed by atoms with Gasteiger partial charge in [0.15, 0.2) is 10.1 Å². The molecule has 2 fully saturated rings. The number of carbonyl (C=O) groups is 1. The molecule has 2 bridgehead atoms. The second-order valence-electron chi connectivity index (χ2n) is 4.62. The number of halogens is 2. The number of hydrogen-bond donors (Lipinski definition) is 0. The van der Waals surface area contributed by atoms with E-state index >= 15 is 0 Å². The van der Waals surface area contributed by atoms with Gasteiger partial charge in [-0.25, -0.2) is 8.42 Å². The summed E-state index contributed by atoms with van der Waals surface area (Å²) in [5.41, 5.74) is 0. The highest BCUT2D eigenvalue weighted by Gasteiger charge is 2.54. The molecule has 2 rings (SSSR count). The summed E-state index contributed by atoms with van der Waals surface area (Å²) in [5.74, 6) is -2.57. The second-order valence-corrected chi connectivity index (χ2v) is 6.04. The molecule has 0 aromatic rings. The molecule has 16 heavy (non-hydrogen) atoms. The van der Waals surface area contributed by atoms with E-state index in [1.54, 1.807) is 0 Å². The minimum atomic E-state index is -5.89. The molecule has 0 radical (unpaired) electrons. The molecule has 0 amide bonds. The number of rotatable bonds is 3. The van der Waals surface area contributed by atoms with E-state index in [1.165, 1.54) is 0 Å². The van der Waals surface area contributed by atoms with Crippen LogP contribution in [0, 0.1) is 17.8 Å². The summed E-state index contributed by atoms with van der Waals surface area (Å²) in [5, 5.41) is -4.76. The van der Waals surface area contributed by atoms with Crippen molar-refractivity contribution >= 4 is 15.9 Å². The smallest absolute Gasteiger partial charge is 0.391 e. The van der Waals surface area contributed by atoms with Crippen LogP contribution in [0.15, 0.2) is 0 Å². The lowest BCUT2D eigenvalue weighted by molar-refractivity contribution is -0.139. The van der Waals surface area contributed by atoms with Crippen molar-refractivity contribution in [2.24, 2.45) is 17.8 Å². The molecule has 7 heteroatoms. The first kappa shape index (κ1) is 11.9. The van der Waals surface area contributed by atoms with Gasteiger partial charge in [-0.05, 0) is 31.1 Å². The van der Waals surface area contributed by atoms with Gasteiger partial charge in [-0.3, -0.25) is 4.79 Å². The first-order chi connectivity index (χ1) is 7.23. The fourth-order valence-electron chi connectivity index (χ4n) is 2.90. The van der Waals surface area contributed by atoms with Crippen LogP contribution in [0.2, 0.25) is 0 Å². The maximum Gasteiger partial charge on any atom is 0.391 e. The molecule has 0 heterocycles. The Bertz CT molecular complexity index is 417. The van der Waals surface area contributed by atoms with Gasteiger partial charge in [0.2, 0.25) is 5.78 Å². The number of hydrogen-bond acceptors (Lipinski definition) is 4. The number of alkyl halides is 2. The summed E-state index contributed by atoms with van der Waals surface area (Å²) in [6.45, 7) is 0. The van der Waals surface area contributed by atoms with Gasteiger partial charge in [-0.1, -0.05) is 6.42 Å². The van der Waals surface area contributed by atoms with E-state index in [2.05, 4.69) is 0 Å². The molecular formula is C9H11F2O4S-. The van der Waals surface area contributed by atoms with Gasteiger partial charge in [-0.15, -0.1) is 0 Å². The van der Waals surface area contributed by atoms with E-state index in [1.807, 2.05) is 0 Å². The third-order valence-corrected chi connectivity index (χ3v) is 4.50. The summed E-state index contributed by atoms with van der Waals surface area (Å²) in [6, 6.07) is 0. The zero-order valence-electron chi connectivity index (χ0n) is 8.36. The zero-order valence-corrected chi connectivity index (χ0v) is 9.17. The predicted octanol–water partition coefficient (Wildman–Crippen LogP) is 1.13. The van der Waals surface area contributed by atoms with Crippen molar-refractivity contribution in [3.63, 3.8) is 0 Å². The molecule has 0 spiro atoms. The molecule has 0 aromatic heterocycles. The maximum absolute atomic E-state index is 13.1. The molecular weight excluding hydrogens is 242 g/mol. The van der Waals surface area contributed by atoms with Crippen molar-refractivity contribution in [1.82, 2.24) is 0 Å². The molecule has 92 valence electrons. The van der Waals surface area contributed by atoms with Crippen LogP contribution in [-0.4, -0.2) is 24.0 Å². The van der Waals surface area contributed by atoms with E-state index in [0.29, 0.717) is 19.3 Å². The van der Waals surface area contributed by atoms with E-state index in [4.69, 9.17) is 0 Å². The number of Topliss-reactive ketones (excluding diaryl/α,β-unsaturated/α-hetero) is 1. The Morgan fingerprint density at radius 2 is 1.88 bits per heavy atom. The number of fused-ring (bicyclic) bond motifs is 2. The minimum Gasteiger partial charge on any atom is -0.743 e. The Hall–Kier alpha value is -0.560. The largest absolute Gasteiger partial charge is 0.743 e. The van der Waals surface area contributed by atoms with Gasteiger partial charge in [0, 0.05) is 5.92 Å². The van der Waals surface area contributed by atoms with Crippen LogP contribution in [0.1, 0.15) is 25.7 Å². The van der Waals surface area contributed by atoms with Crippen LogP contribution in [0.4, 0.5) is 8.78 Å². The second kappa shape index (κ2) is 3.46. The standard InChI is InChI=1S/C9H12F2O4S/c10-9(11,16(13,14)15)8(12)7-4-5-1-2-6(7)3-5/h5-7H,1-4H2,(H,13,14,15)/p-1. The average Bonchev–Trinajstić information content (AvgIpc) is 2.75. The Kier molecular flexibility index (Phi) is 2.58.